The molecule has 4 rings (SSSR count). The third kappa shape index (κ3) is 4.50. The van der Waals surface area contributed by atoms with E-state index < -0.39 is 11.7 Å². The minimum Gasteiger partial charge on any atom is -0.444 e. The molecule has 0 fully saturated rings. The third-order valence-electron chi connectivity index (χ3n) is 4.98. The van der Waals surface area contributed by atoms with E-state index in [2.05, 4.69) is 10.4 Å². The van der Waals surface area contributed by atoms with E-state index in [0.717, 1.165) is 41.1 Å². The minimum atomic E-state index is -0.522. The lowest BCUT2D eigenvalue weighted by Crippen LogP contribution is -2.42. The van der Waals surface area contributed by atoms with E-state index in [1.165, 1.54) is 0 Å². The summed E-state index contributed by atoms with van der Waals surface area (Å²) in [5, 5.41) is 7.57. The van der Waals surface area contributed by atoms with Crippen LogP contribution in [-0.4, -0.2) is 37.5 Å². The van der Waals surface area contributed by atoms with Crippen LogP contribution in [0.2, 0.25) is 0 Å². The number of hydrogen-bond donors (Lipinski definition) is 1. The number of aromatic nitrogens is 4. The van der Waals surface area contributed by atoms with Crippen molar-refractivity contribution in [2.24, 2.45) is 7.05 Å². The average molecular weight is 406 g/mol. The Morgan fingerprint density at radius 2 is 1.93 bits per heavy atom. The van der Waals surface area contributed by atoms with Crippen LogP contribution in [0.25, 0.3) is 22.8 Å². The number of ether oxygens (including phenoxy) is 1. The van der Waals surface area contributed by atoms with Crippen molar-refractivity contribution in [3.05, 3.63) is 53.9 Å². The Bertz CT molecular complexity index is 1050. The molecule has 0 spiro atoms. The maximum Gasteiger partial charge on any atom is 0.407 e. The quantitative estimate of drug-likeness (QED) is 0.714. The number of carbonyl (C=O) groups excluding carboxylic acids is 1. The second-order valence-electron chi connectivity index (χ2n) is 8.65. The van der Waals surface area contributed by atoms with E-state index >= 15 is 0 Å². The lowest BCUT2D eigenvalue weighted by Gasteiger charge is -2.28. The topological polar surface area (TPSA) is 81.9 Å². The summed E-state index contributed by atoms with van der Waals surface area (Å²) in [6, 6.07) is 11.9. The van der Waals surface area contributed by atoms with Crippen molar-refractivity contribution in [3.63, 3.8) is 0 Å². The average Bonchev–Trinajstić information content (AvgIpc) is 3.12. The fourth-order valence-electron chi connectivity index (χ4n) is 3.68. The largest absolute Gasteiger partial charge is 0.444 e. The molecule has 7 heteroatoms. The number of rotatable bonds is 3. The molecule has 2 heterocycles. The standard InChI is InChI=1S/C23H27N5O2/c1-23(2,3)30-22(29)24-16-10-11-17-19(14-16)25-21(15-8-6-5-7-9-15)26-20(17)18-12-13-28(4)27-18/h5-9,12-13,16H,10-11,14H2,1-4H3,(H,24,29). The van der Waals surface area contributed by atoms with Gasteiger partial charge in [-0.2, -0.15) is 5.10 Å². The number of hydrogen-bond acceptors (Lipinski definition) is 5. The van der Waals surface area contributed by atoms with E-state index in [0.29, 0.717) is 12.2 Å². The van der Waals surface area contributed by atoms with Crippen molar-refractivity contribution in [3.8, 4) is 22.8 Å². The molecule has 0 radical (unpaired) electrons. The van der Waals surface area contributed by atoms with Crippen LogP contribution in [0, 0.1) is 0 Å². The summed E-state index contributed by atoms with van der Waals surface area (Å²) in [6.07, 6.45) is 3.74. The van der Waals surface area contributed by atoms with Crippen LogP contribution in [0.3, 0.4) is 0 Å². The molecule has 30 heavy (non-hydrogen) atoms. The molecule has 0 bridgehead atoms. The fourth-order valence-corrected chi connectivity index (χ4v) is 3.68. The van der Waals surface area contributed by atoms with Crippen LogP contribution in [-0.2, 0) is 24.6 Å². The van der Waals surface area contributed by atoms with Crippen molar-refractivity contribution in [2.45, 2.75) is 51.7 Å². The van der Waals surface area contributed by atoms with Gasteiger partial charge in [0.1, 0.15) is 11.3 Å². The van der Waals surface area contributed by atoms with Gasteiger partial charge >= 0.3 is 6.09 Å². The van der Waals surface area contributed by atoms with Gasteiger partial charge in [0.25, 0.3) is 0 Å². The molecule has 1 atom stereocenters. The zero-order chi connectivity index (χ0) is 21.3. The molecule has 7 nitrogen and oxygen atoms in total. The van der Waals surface area contributed by atoms with Gasteiger partial charge < -0.3 is 10.1 Å². The van der Waals surface area contributed by atoms with Crippen molar-refractivity contribution in [1.29, 1.82) is 0 Å². The Kier molecular flexibility index (Phi) is 5.28. The first-order valence-electron chi connectivity index (χ1n) is 10.2. The number of fused-ring (bicyclic) bond motifs is 1. The maximum atomic E-state index is 12.2. The number of alkyl carbamates (subject to hydrolysis) is 1. The summed E-state index contributed by atoms with van der Waals surface area (Å²) in [4.78, 5) is 22.0. The molecule has 2 aromatic heterocycles. The highest BCUT2D eigenvalue weighted by Gasteiger charge is 2.28. The second kappa shape index (κ2) is 7.89. The van der Waals surface area contributed by atoms with Crippen molar-refractivity contribution < 1.29 is 9.53 Å². The number of amides is 1. The van der Waals surface area contributed by atoms with Gasteiger partial charge in [-0.05, 0) is 39.7 Å². The van der Waals surface area contributed by atoms with Gasteiger partial charge in [-0.25, -0.2) is 14.8 Å². The Labute approximate surface area is 176 Å². The minimum absolute atomic E-state index is 0.0255. The van der Waals surface area contributed by atoms with Crippen molar-refractivity contribution >= 4 is 6.09 Å². The van der Waals surface area contributed by atoms with Crippen LogP contribution in [0.4, 0.5) is 4.79 Å². The maximum absolute atomic E-state index is 12.2. The lowest BCUT2D eigenvalue weighted by molar-refractivity contribution is 0.0500. The number of carbonyl (C=O) groups is 1. The summed E-state index contributed by atoms with van der Waals surface area (Å²) in [6.45, 7) is 5.59. The van der Waals surface area contributed by atoms with Gasteiger partial charge in [0.05, 0.1) is 11.4 Å². The molecule has 3 aromatic rings. The first kappa shape index (κ1) is 20.1. The summed E-state index contributed by atoms with van der Waals surface area (Å²) >= 11 is 0. The molecule has 1 N–H and O–H groups in total. The normalized spacial score (nSPS) is 16.1. The summed E-state index contributed by atoms with van der Waals surface area (Å²) < 4.78 is 7.20. The van der Waals surface area contributed by atoms with Gasteiger partial charge in [0.15, 0.2) is 5.82 Å². The molecule has 0 saturated carbocycles. The predicted molar refractivity (Wildman–Crippen MR) is 115 cm³/mol. The molecule has 1 aliphatic carbocycles. The van der Waals surface area contributed by atoms with E-state index in [9.17, 15) is 4.79 Å². The first-order chi connectivity index (χ1) is 14.3. The second-order valence-corrected chi connectivity index (χ2v) is 8.65. The molecule has 1 unspecified atom stereocenters. The van der Waals surface area contributed by atoms with E-state index in [4.69, 9.17) is 14.7 Å². The highest BCUT2D eigenvalue weighted by Crippen LogP contribution is 2.31. The van der Waals surface area contributed by atoms with Crippen LogP contribution < -0.4 is 5.32 Å². The predicted octanol–water partition coefficient (Wildman–Crippen LogP) is 3.93. The number of benzene rings is 1. The van der Waals surface area contributed by atoms with E-state index in [1.54, 1.807) is 4.68 Å². The fraction of sp³-hybridized carbons (Fsp3) is 0.391. The Hall–Kier alpha value is -3.22. The number of aryl methyl sites for hydroxylation is 1. The molecule has 1 aliphatic rings. The van der Waals surface area contributed by atoms with E-state index in [1.807, 2.05) is 70.4 Å². The highest BCUT2D eigenvalue weighted by atomic mass is 16.6. The highest BCUT2D eigenvalue weighted by molar-refractivity contribution is 5.69. The lowest BCUT2D eigenvalue weighted by atomic mass is 9.90. The molecule has 156 valence electrons. The van der Waals surface area contributed by atoms with Gasteiger partial charge in [0, 0.05) is 36.8 Å². The Morgan fingerprint density at radius 3 is 2.60 bits per heavy atom. The van der Waals surface area contributed by atoms with Crippen LogP contribution in [0.1, 0.15) is 38.4 Å². The molecule has 1 aromatic carbocycles. The molecule has 0 aliphatic heterocycles. The van der Waals surface area contributed by atoms with Crippen LogP contribution in [0.15, 0.2) is 42.6 Å². The van der Waals surface area contributed by atoms with Gasteiger partial charge in [-0.1, -0.05) is 30.3 Å². The molecular formula is C23H27N5O2. The zero-order valence-electron chi connectivity index (χ0n) is 17.8. The Balaban J connectivity index is 1.68. The monoisotopic (exact) mass is 405 g/mol. The van der Waals surface area contributed by atoms with Crippen molar-refractivity contribution in [2.75, 3.05) is 0 Å². The first-order valence-corrected chi connectivity index (χ1v) is 10.2. The molecule has 0 saturated heterocycles. The SMILES string of the molecule is Cn1ccc(-c2nc(-c3ccccc3)nc3c2CCC(NC(=O)OC(C)(C)C)C3)n1. The van der Waals surface area contributed by atoms with Gasteiger partial charge in [-0.3, -0.25) is 4.68 Å². The molecular weight excluding hydrogens is 378 g/mol. The van der Waals surface area contributed by atoms with Gasteiger partial charge in [0.2, 0.25) is 0 Å². The van der Waals surface area contributed by atoms with Crippen LogP contribution >= 0.6 is 0 Å². The summed E-state index contributed by atoms with van der Waals surface area (Å²) in [5.41, 5.74) is 4.21. The number of nitrogens with zero attached hydrogens (tertiary/aromatic N) is 4. The summed E-state index contributed by atoms with van der Waals surface area (Å²) in [7, 11) is 1.90. The van der Waals surface area contributed by atoms with E-state index in [-0.39, 0.29) is 6.04 Å². The smallest absolute Gasteiger partial charge is 0.407 e. The van der Waals surface area contributed by atoms with Gasteiger partial charge in [-0.15, -0.1) is 0 Å². The van der Waals surface area contributed by atoms with Crippen molar-refractivity contribution in [1.82, 2.24) is 25.1 Å². The zero-order valence-corrected chi connectivity index (χ0v) is 17.8. The third-order valence-corrected chi connectivity index (χ3v) is 4.98. The van der Waals surface area contributed by atoms with Crippen LogP contribution in [0.5, 0.6) is 0 Å². The summed E-state index contributed by atoms with van der Waals surface area (Å²) in [5.74, 6) is 0.674. The molecule has 1 amide bonds. The number of nitrogens with one attached hydrogen (secondary N) is 1. The Morgan fingerprint density at radius 1 is 1.17 bits per heavy atom.